The summed E-state index contributed by atoms with van der Waals surface area (Å²) in [6.45, 7) is 0.525. The van der Waals surface area contributed by atoms with E-state index in [4.69, 9.17) is 9.84 Å². The van der Waals surface area contributed by atoms with Crippen molar-refractivity contribution >= 4 is 17.7 Å². The van der Waals surface area contributed by atoms with E-state index in [0.29, 0.717) is 19.4 Å². The minimum Gasteiger partial charge on any atom is -0.481 e. The number of rotatable bonds is 10. The monoisotopic (exact) mass is 403 g/mol. The number of hydrogen-bond donors (Lipinski definition) is 2. The van der Waals surface area contributed by atoms with Gasteiger partial charge in [0.15, 0.2) is 0 Å². The van der Waals surface area contributed by atoms with Gasteiger partial charge in [-0.25, -0.2) is 0 Å². The van der Waals surface area contributed by atoms with Gasteiger partial charge < -0.3 is 19.8 Å². The molecule has 29 heavy (non-hydrogen) atoms. The summed E-state index contributed by atoms with van der Waals surface area (Å²) in [7, 11) is 1.79. The molecule has 0 spiro atoms. The first-order valence-electron chi connectivity index (χ1n) is 10.2. The molecule has 0 radical (unpaired) electrons. The van der Waals surface area contributed by atoms with Gasteiger partial charge in [-0.2, -0.15) is 0 Å². The predicted molar refractivity (Wildman–Crippen MR) is 105 cm³/mol. The van der Waals surface area contributed by atoms with Crippen LogP contribution in [0.2, 0.25) is 0 Å². The molecule has 2 aliphatic heterocycles. The average molecular weight is 403 g/mol. The zero-order valence-electron chi connectivity index (χ0n) is 16.8. The zero-order valence-corrected chi connectivity index (χ0v) is 16.8. The van der Waals surface area contributed by atoms with E-state index in [-0.39, 0.29) is 36.6 Å². The van der Waals surface area contributed by atoms with Crippen molar-refractivity contribution in [2.45, 2.75) is 69.3 Å². The van der Waals surface area contributed by atoms with E-state index >= 15 is 0 Å². The molecule has 2 heterocycles. The number of benzene rings is 1. The molecule has 1 aromatic rings. The van der Waals surface area contributed by atoms with E-state index in [2.05, 4.69) is 0 Å². The Morgan fingerprint density at radius 2 is 1.97 bits per heavy atom. The Bertz CT molecular complexity index is 751. The maximum atomic E-state index is 13.1. The van der Waals surface area contributed by atoms with Crippen molar-refractivity contribution in [1.29, 1.82) is 0 Å². The molecule has 2 saturated heterocycles. The van der Waals surface area contributed by atoms with Crippen LogP contribution in [0.3, 0.4) is 0 Å². The number of amides is 1. The lowest BCUT2D eigenvalue weighted by molar-refractivity contribution is -0.142. The molecule has 7 heteroatoms. The quantitative estimate of drug-likeness (QED) is 0.620. The van der Waals surface area contributed by atoms with Crippen molar-refractivity contribution in [2.75, 3.05) is 7.05 Å². The predicted octanol–water partition coefficient (Wildman–Crippen LogP) is 2.16. The summed E-state index contributed by atoms with van der Waals surface area (Å²) >= 11 is 0. The summed E-state index contributed by atoms with van der Waals surface area (Å²) in [6.07, 6.45) is 1.18. The Morgan fingerprint density at radius 1 is 1.24 bits per heavy atom. The second kappa shape index (κ2) is 9.05. The van der Waals surface area contributed by atoms with Crippen molar-refractivity contribution in [3.8, 4) is 0 Å². The summed E-state index contributed by atoms with van der Waals surface area (Å²) in [5, 5.41) is 18.4. The number of carboxylic acids is 1. The van der Waals surface area contributed by atoms with Gasteiger partial charge in [0.2, 0.25) is 5.91 Å². The third kappa shape index (κ3) is 5.22. The van der Waals surface area contributed by atoms with E-state index in [9.17, 15) is 19.5 Å². The molecule has 0 aromatic heterocycles. The average Bonchev–Trinajstić information content (AvgIpc) is 3.24. The first-order chi connectivity index (χ1) is 13.8. The number of carboxylic acid groups (broad SMARTS) is 1. The molecule has 2 bridgehead atoms. The van der Waals surface area contributed by atoms with Crippen LogP contribution in [0.4, 0.5) is 0 Å². The molecule has 0 aliphatic carbocycles. The van der Waals surface area contributed by atoms with Crippen molar-refractivity contribution in [2.24, 2.45) is 5.92 Å². The zero-order chi connectivity index (χ0) is 21.0. The molecule has 0 saturated carbocycles. The summed E-state index contributed by atoms with van der Waals surface area (Å²) in [4.78, 5) is 37.7. The smallest absolute Gasteiger partial charge is 0.305 e. The highest BCUT2D eigenvalue weighted by atomic mass is 16.5. The van der Waals surface area contributed by atoms with Crippen molar-refractivity contribution in [3.63, 3.8) is 0 Å². The van der Waals surface area contributed by atoms with Crippen LogP contribution in [-0.4, -0.2) is 57.6 Å². The van der Waals surface area contributed by atoms with Crippen LogP contribution in [0, 0.1) is 5.92 Å². The van der Waals surface area contributed by atoms with Crippen LogP contribution in [-0.2, 0) is 25.7 Å². The Morgan fingerprint density at radius 3 is 2.62 bits per heavy atom. The molecule has 2 fully saturated rings. The lowest BCUT2D eigenvalue weighted by Gasteiger charge is -2.34. The molecule has 4 atom stereocenters. The van der Waals surface area contributed by atoms with E-state index in [1.165, 1.54) is 0 Å². The van der Waals surface area contributed by atoms with E-state index < -0.39 is 24.1 Å². The van der Waals surface area contributed by atoms with Crippen LogP contribution in [0.25, 0.3) is 0 Å². The second-order valence-electron chi connectivity index (χ2n) is 8.31. The standard InChI is InChI=1S/C22H29NO6/c1-23(14-15-5-3-2-4-6-15)21(28)19-13-18-8-10-22(19,29-18)9-7-16(24)11-17(25)12-20(26)27/h2-6,17-19,25H,7-14H2,1H3,(H,26,27)/t17?,18-,19+,22+/m0/s1. The van der Waals surface area contributed by atoms with E-state index in [0.717, 1.165) is 18.4 Å². The van der Waals surface area contributed by atoms with Crippen LogP contribution >= 0.6 is 0 Å². The first kappa shape index (κ1) is 21.5. The highest BCUT2D eigenvalue weighted by molar-refractivity contribution is 5.82. The van der Waals surface area contributed by atoms with Crippen molar-refractivity contribution < 1.29 is 29.3 Å². The summed E-state index contributed by atoms with van der Waals surface area (Å²) < 4.78 is 6.16. The van der Waals surface area contributed by atoms with Gasteiger partial charge in [0.25, 0.3) is 0 Å². The number of ketones is 1. The number of Topliss-reactive ketones (excluding diaryl/α,β-unsaturated/α-hetero) is 1. The fourth-order valence-electron chi connectivity index (χ4n) is 4.63. The van der Waals surface area contributed by atoms with Gasteiger partial charge in [-0.3, -0.25) is 14.4 Å². The molecule has 1 amide bonds. The Labute approximate surface area is 170 Å². The van der Waals surface area contributed by atoms with Crippen LogP contribution in [0.5, 0.6) is 0 Å². The lowest BCUT2D eigenvalue weighted by atomic mass is 9.74. The second-order valence-corrected chi connectivity index (χ2v) is 8.31. The van der Waals surface area contributed by atoms with Crippen LogP contribution in [0.1, 0.15) is 50.5 Å². The number of carbonyl (C=O) groups is 3. The number of nitrogens with zero attached hydrogens (tertiary/aromatic N) is 1. The fourth-order valence-corrected chi connectivity index (χ4v) is 4.63. The van der Waals surface area contributed by atoms with Gasteiger partial charge in [0.05, 0.1) is 30.1 Å². The highest BCUT2D eigenvalue weighted by Crippen LogP contribution is 2.51. The third-order valence-electron chi connectivity index (χ3n) is 6.06. The summed E-state index contributed by atoms with van der Waals surface area (Å²) in [5.41, 5.74) is 0.434. The molecule has 2 aliphatic rings. The number of fused-ring (bicyclic) bond motifs is 2. The largest absolute Gasteiger partial charge is 0.481 e. The molecular weight excluding hydrogens is 374 g/mol. The molecule has 1 aromatic carbocycles. The van der Waals surface area contributed by atoms with Crippen LogP contribution in [0.15, 0.2) is 30.3 Å². The van der Waals surface area contributed by atoms with Gasteiger partial charge >= 0.3 is 5.97 Å². The third-order valence-corrected chi connectivity index (χ3v) is 6.06. The number of aliphatic carboxylic acids is 1. The Hall–Kier alpha value is -2.25. The summed E-state index contributed by atoms with van der Waals surface area (Å²) in [5.74, 6) is -1.56. The molecule has 3 rings (SSSR count). The maximum absolute atomic E-state index is 13.1. The van der Waals surface area contributed by atoms with E-state index in [1.807, 2.05) is 30.3 Å². The number of aliphatic hydroxyl groups is 1. The van der Waals surface area contributed by atoms with Gasteiger partial charge in [-0.05, 0) is 31.2 Å². The minimum atomic E-state index is -1.17. The SMILES string of the molecule is CN(Cc1ccccc1)C(=O)[C@H]1C[C@@H]2CC[C@@]1(CCC(=O)CC(O)CC(=O)O)O2. The molecule has 7 nitrogen and oxygen atoms in total. The van der Waals surface area contributed by atoms with Crippen molar-refractivity contribution in [3.05, 3.63) is 35.9 Å². The van der Waals surface area contributed by atoms with Gasteiger partial charge in [0.1, 0.15) is 5.78 Å². The Balaban J connectivity index is 1.59. The summed E-state index contributed by atoms with van der Waals surface area (Å²) in [6, 6.07) is 9.80. The first-order valence-corrected chi connectivity index (χ1v) is 10.2. The van der Waals surface area contributed by atoms with E-state index in [1.54, 1.807) is 11.9 Å². The molecule has 158 valence electrons. The number of ether oxygens (including phenoxy) is 1. The van der Waals surface area contributed by atoms with Crippen molar-refractivity contribution in [1.82, 2.24) is 4.90 Å². The lowest BCUT2D eigenvalue weighted by Crippen LogP contribution is -2.45. The number of hydrogen-bond acceptors (Lipinski definition) is 5. The van der Waals surface area contributed by atoms with Gasteiger partial charge in [-0.1, -0.05) is 30.3 Å². The number of carbonyl (C=O) groups excluding carboxylic acids is 2. The topological polar surface area (TPSA) is 104 Å². The molecule has 2 N–H and O–H groups in total. The molecular formula is C22H29NO6. The van der Waals surface area contributed by atoms with Gasteiger partial charge in [0, 0.05) is 26.4 Å². The number of aliphatic hydroxyl groups excluding tert-OH is 1. The Kier molecular flexibility index (Phi) is 6.70. The maximum Gasteiger partial charge on any atom is 0.305 e. The van der Waals surface area contributed by atoms with Crippen LogP contribution < -0.4 is 0 Å². The highest BCUT2D eigenvalue weighted by Gasteiger charge is 2.56. The van der Waals surface area contributed by atoms with Gasteiger partial charge in [-0.15, -0.1) is 0 Å². The normalized spacial score (nSPS) is 26.3. The molecule has 1 unspecified atom stereocenters. The fraction of sp³-hybridized carbons (Fsp3) is 0.591. The minimum absolute atomic E-state index is 0.0365.